The summed E-state index contributed by atoms with van der Waals surface area (Å²) in [5, 5.41) is 9.15. The van der Waals surface area contributed by atoms with Gasteiger partial charge in [-0.25, -0.2) is 0 Å². The first-order valence-electron chi connectivity index (χ1n) is 6.99. The van der Waals surface area contributed by atoms with Crippen LogP contribution in [0.1, 0.15) is 20.3 Å². The zero-order valence-electron chi connectivity index (χ0n) is 12.4. The van der Waals surface area contributed by atoms with Crippen LogP contribution in [0.2, 0.25) is 0 Å². The van der Waals surface area contributed by atoms with E-state index in [1.165, 1.54) is 5.69 Å². The summed E-state index contributed by atoms with van der Waals surface area (Å²) in [6.07, 6.45) is 0.557. The van der Waals surface area contributed by atoms with Gasteiger partial charge >= 0.3 is 0 Å². The van der Waals surface area contributed by atoms with Gasteiger partial charge in [-0.05, 0) is 40.5 Å². The number of benzene rings is 1. The standard InChI is InChI=1S/C16H22BrN3/c1-16(2)11-19(3)10-13(8-9-18)20(12-16)15-7-5-4-6-14(15)17/h4-7,13H,8,10-12H2,1-3H3. The van der Waals surface area contributed by atoms with Crippen molar-refractivity contribution in [1.29, 1.82) is 5.26 Å². The van der Waals surface area contributed by atoms with Crippen molar-refractivity contribution in [2.24, 2.45) is 5.41 Å². The van der Waals surface area contributed by atoms with E-state index in [0.717, 1.165) is 24.1 Å². The second-order valence-corrected chi connectivity index (χ2v) is 7.31. The smallest absolute Gasteiger partial charge is 0.0643 e. The van der Waals surface area contributed by atoms with Gasteiger partial charge in [0.25, 0.3) is 0 Å². The number of likely N-dealkylation sites (N-methyl/N-ethyl adjacent to an activating group) is 1. The molecule has 4 heteroatoms. The van der Waals surface area contributed by atoms with E-state index >= 15 is 0 Å². The van der Waals surface area contributed by atoms with Gasteiger partial charge in [0.2, 0.25) is 0 Å². The minimum Gasteiger partial charge on any atom is -0.365 e. The number of para-hydroxylation sites is 1. The molecule has 1 aromatic rings. The van der Waals surface area contributed by atoms with Gasteiger partial charge in [-0.3, -0.25) is 0 Å². The number of nitrogens with zero attached hydrogens (tertiary/aromatic N) is 3. The molecule has 108 valence electrons. The van der Waals surface area contributed by atoms with E-state index in [1.54, 1.807) is 0 Å². The van der Waals surface area contributed by atoms with Crippen molar-refractivity contribution in [1.82, 2.24) is 4.90 Å². The van der Waals surface area contributed by atoms with Crippen LogP contribution in [-0.4, -0.2) is 37.6 Å². The molecule has 0 bridgehead atoms. The fourth-order valence-corrected chi connectivity index (χ4v) is 3.65. The summed E-state index contributed by atoms with van der Waals surface area (Å²) in [7, 11) is 2.15. The maximum absolute atomic E-state index is 9.15. The van der Waals surface area contributed by atoms with Crippen molar-refractivity contribution in [3.8, 4) is 6.07 Å². The first kappa shape index (κ1) is 15.3. The van der Waals surface area contributed by atoms with Gasteiger partial charge < -0.3 is 9.80 Å². The van der Waals surface area contributed by atoms with Crippen LogP contribution < -0.4 is 4.90 Å². The Morgan fingerprint density at radius 1 is 1.35 bits per heavy atom. The Morgan fingerprint density at radius 2 is 2.05 bits per heavy atom. The zero-order valence-corrected chi connectivity index (χ0v) is 14.0. The minimum atomic E-state index is 0.203. The maximum Gasteiger partial charge on any atom is 0.0643 e. The summed E-state index contributed by atoms with van der Waals surface area (Å²) >= 11 is 3.65. The predicted octanol–water partition coefficient (Wildman–Crippen LogP) is 3.51. The van der Waals surface area contributed by atoms with Crippen LogP contribution in [0, 0.1) is 16.7 Å². The molecule has 2 rings (SSSR count). The van der Waals surface area contributed by atoms with Crippen molar-refractivity contribution < 1.29 is 0 Å². The Balaban J connectivity index is 2.39. The molecule has 0 saturated carbocycles. The third-order valence-electron chi connectivity index (χ3n) is 3.75. The largest absolute Gasteiger partial charge is 0.365 e. The predicted molar refractivity (Wildman–Crippen MR) is 86.8 cm³/mol. The third-order valence-corrected chi connectivity index (χ3v) is 4.42. The van der Waals surface area contributed by atoms with E-state index in [2.05, 4.69) is 70.9 Å². The van der Waals surface area contributed by atoms with Crippen molar-refractivity contribution in [3.63, 3.8) is 0 Å². The average molecular weight is 336 g/mol. The molecule has 1 aromatic carbocycles. The molecule has 1 saturated heterocycles. The quantitative estimate of drug-likeness (QED) is 0.828. The molecule has 20 heavy (non-hydrogen) atoms. The van der Waals surface area contributed by atoms with Gasteiger partial charge in [0.15, 0.2) is 0 Å². The molecule has 1 fully saturated rings. The Labute approximate surface area is 130 Å². The molecule has 1 atom stereocenters. The molecule has 0 aromatic heterocycles. The molecule has 0 radical (unpaired) electrons. The van der Waals surface area contributed by atoms with Gasteiger partial charge in [-0.15, -0.1) is 0 Å². The van der Waals surface area contributed by atoms with Gasteiger partial charge in [0.1, 0.15) is 0 Å². The van der Waals surface area contributed by atoms with E-state index < -0.39 is 0 Å². The molecular formula is C16H22BrN3. The molecule has 1 unspecified atom stereocenters. The summed E-state index contributed by atoms with van der Waals surface area (Å²) in [6.45, 7) is 7.53. The zero-order chi connectivity index (χ0) is 14.8. The molecule has 3 nitrogen and oxygen atoms in total. The number of hydrogen-bond donors (Lipinski definition) is 0. The second kappa shape index (κ2) is 6.15. The van der Waals surface area contributed by atoms with Crippen LogP contribution >= 0.6 is 15.9 Å². The Bertz CT molecular complexity index is 507. The van der Waals surface area contributed by atoms with Crippen molar-refractivity contribution >= 4 is 21.6 Å². The number of rotatable bonds is 2. The third kappa shape index (κ3) is 3.53. The average Bonchev–Trinajstić information content (AvgIpc) is 2.46. The summed E-state index contributed by atoms with van der Waals surface area (Å²) in [6, 6.07) is 10.9. The highest BCUT2D eigenvalue weighted by Crippen LogP contribution is 2.33. The minimum absolute atomic E-state index is 0.203. The fraction of sp³-hybridized carbons (Fsp3) is 0.562. The first-order chi connectivity index (χ1) is 9.43. The molecule has 0 aliphatic carbocycles. The topological polar surface area (TPSA) is 30.3 Å². The Kier molecular flexibility index (Phi) is 4.72. The highest BCUT2D eigenvalue weighted by atomic mass is 79.9. The SMILES string of the molecule is CN1CC(CC#N)N(c2ccccc2Br)CC(C)(C)C1. The number of anilines is 1. The fourth-order valence-electron chi connectivity index (χ4n) is 3.14. The molecule has 1 aliphatic heterocycles. The van der Waals surface area contributed by atoms with E-state index in [9.17, 15) is 0 Å². The van der Waals surface area contributed by atoms with Crippen molar-refractivity contribution in [2.75, 3.05) is 31.6 Å². The molecule has 0 amide bonds. The van der Waals surface area contributed by atoms with E-state index in [4.69, 9.17) is 5.26 Å². The van der Waals surface area contributed by atoms with Gasteiger partial charge in [0.05, 0.1) is 24.2 Å². The molecular weight excluding hydrogens is 314 g/mol. The van der Waals surface area contributed by atoms with Crippen LogP contribution in [0.5, 0.6) is 0 Å². The molecule has 1 aliphatic rings. The summed E-state index contributed by atoms with van der Waals surface area (Å²) in [5.41, 5.74) is 1.39. The monoisotopic (exact) mass is 335 g/mol. The van der Waals surface area contributed by atoms with Crippen LogP contribution in [0.25, 0.3) is 0 Å². The molecule has 1 heterocycles. The highest BCUT2D eigenvalue weighted by molar-refractivity contribution is 9.10. The van der Waals surface area contributed by atoms with Crippen LogP contribution in [0.3, 0.4) is 0 Å². The first-order valence-corrected chi connectivity index (χ1v) is 7.79. The van der Waals surface area contributed by atoms with Crippen molar-refractivity contribution in [2.45, 2.75) is 26.3 Å². The van der Waals surface area contributed by atoms with Gasteiger partial charge in [0, 0.05) is 24.1 Å². The van der Waals surface area contributed by atoms with Crippen LogP contribution in [-0.2, 0) is 0 Å². The Hall–Kier alpha value is -1.05. The van der Waals surface area contributed by atoms with E-state index in [1.807, 2.05) is 6.07 Å². The lowest BCUT2D eigenvalue weighted by Crippen LogP contribution is -2.41. The van der Waals surface area contributed by atoms with E-state index in [-0.39, 0.29) is 11.5 Å². The lowest BCUT2D eigenvalue weighted by atomic mass is 9.92. The molecule has 0 N–H and O–H groups in total. The normalized spacial score (nSPS) is 23.1. The number of halogens is 1. The lowest BCUT2D eigenvalue weighted by molar-refractivity contribution is 0.239. The number of nitriles is 1. The van der Waals surface area contributed by atoms with Crippen molar-refractivity contribution in [3.05, 3.63) is 28.7 Å². The van der Waals surface area contributed by atoms with Crippen LogP contribution in [0.15, 0.2) is 28.7 Å². The molecule has 0 spiro atoms. The Morgan fingerprint density at radius 3 is 2.70 bits per heavy atom. The summed E-state index contributed by atoms with van der Waals surface area (Å²) in [5.74, 6) is 0. The summed E-state index contributed by atoms with van der Waals surface area (Å²) < 4.78 is 1.10. The lowest BCUT2D eigenvalue weighted by Gasteiger charge is -2.35. The number of hydrogen-bond acceptors (Lipinski definition) is 3. The highest BCUT2D eigenvalue weighted by Gasteiger charge is 2.33. The van der Waals surface area contributed by atoms with Gasteiger partial charge in [-0.1, -0.05) is 26.0 Å². The van der Waals surface area contributed by atoms with Crippen LogP contribution in [0.4, 0.5) is 5.69 Å². The maximum atomic E-state index is 9.15. The second-order valence-electron chi connectivity index (χ2n) is 6.46. The van der Waals surface area contributed by atoms with Gasteiger partial charge in [-0.2, -0.15) is 5.26 Å². The van der Waals surface area contributed by atoms with E-state index in [0.29, 0.717) is 6.42 Å². The summed E-state index contributed by atoms with van der Waals surface area (Å²) in [4.78, 5) is 4.75.